The minimum Gasteiger partial charge on any atom is -0.352 e. The average molecular weight is 635 g/mol. The molecular formula is C36H46N2O4S2. The number of ketones is 2. The van der Waals surface area contributed by atoms with E-state index in [0.29, 0.717) is 48.1 Å². The molecule has 8 rings (SSSR count). The molecule has 2 heterocycles. The number of amides is 2. The van der Waals surface area contributed by atoms with Gasteiger partial charge in [0, 0.05) is 57.3 Å². The van der Waals surface area contributed by atoms with Crippen LogP contribution in [0.2, 0.25) is 0 Å². The minimum absolute atomic E-state index is 0.0664. The van der Waals surface area contributed by atoms with Gasteiger partial charge in [0.1, 0.15) is 11.6 Å². The SMILES string of the molecule is C[C@@H]1CCc2sc(CC(=O)C3CC3)c(C(=O)NCC3CC3)c21.C[C@H]1CCc2sc(CC(=O)C3CC3)c(C(=O)NCC3CC3)c21. The molecule has 0 spiro atoms. The second kappa shape index (κ2) is 12.5. The van der Waals surface area contributed by atoms with E-state index in [4.69, 9.17) is 0 Å². The van der Waals surface area contributed by atoms with Crippen molar-refractivity contribution in [3.63, 3.8) is 0 Å². The van der Waals surface area contributed by atoms with E-state index in [1.165, 1.54) is 46.6 Å². The molecule has 6 nitrogen and oxygen atoms in total. The summed E-state index contributed by atoms with van der Waals surface area (Å²) < 4.78 is 0. The first-order chi connectivity index (χ1) is 21.3. The van der Waals surface area contributed by atoms with Gasteiger partial charge in [-0.05, 0) is 112 Å². The van der Waals surface area contributed by atoms with Crippen molar-refractivity contribution in [2.75, 3.05) is 13.1 Å². The molecule has 4 saturated carbocycles. The van der Waals surface area contributed by atoms with Gasteiger partial charge in [0.05, 0.1) is 11.1 Å². The molecule has 0 unspecified atom stereocenters. The summed E-state index contributed by atoms with van der Waals surface area (Å²) in [5, 5.41) is 6.22. The Kier molecular flexibility index (Phi) is 8.60. The van der Waals surface area contributed by atoms with E-state index in [1.807, 2.05) is 0 Å². The van der Waals surface area contributed by atoms with Crippen LogP contribution in [0.4, 0.5) is 0 Å². The summed E-state index contributed by atoms with van der Waals surface area (Å²) in [6, 6.07) is 0. The van der Waals surface area contributed by atoms with Gasteiger partial charge in [-0.15, -0.1) is 22.7 Å². The molecule has 44 heavy (non-hydrogen) atoms. The number of Topliss-reactive ketones (excluding diaryl/α,β-unsaturated/α-hetero) is 2. The molecule has 6 aliphatic rings. The molecule has 8 heteroatoms. The first-order valence-corrected chi connectivity index (χ1v) is 18.8. The zero-order valence-electron chi connectivity index (χ0n) is 26.2. The Labute approximate surface area is 269 Å². The molecule has 2 amide bonds. The summed E-state index contributed by atoms with van der Waals surface area (Å²) in [4.78, 5) is 54.6. The Hall–Kier alpha value is -2.32. The molecule has 0 aromatic carbocycles. The number of fused-ring (bicyclic) bond motifs is 2. The van der Waals surface area contributed by atoms with Crippen LogP contribution >= 0.6 is 22.7 Å². The normalized spacial score (nSPS) is 23.4. The molecule has 2 aromatic heterocycles. The van der Waals surface area contributed by atoms with Crippen LogP contribution in [-0.4, -0.2) is 36.5 Å². The molecular weight excluding hydrogens is 589 g/mol. The maximum absolute atomic E-state index is 12.7. The topological polar surface area (TPSA) is 92.3 Å². The summed E-state index contributed by atoms with van der Waals surface area (Å²) in [5.74, 6) is 3.64. The first-order valence-electron chi connectivity index (χ1n) is 17.2. The zero-order valence-corrected chi connectivity index (χ0v) is 27.9. The Bertz CT molecular complexity index is 1360. The number of hydrogen-bond donors (Lipinski definition) is 2. The Morgan fingerprint density at radius 1 is 0.591 bits per heavy atom. The van der Waals surface area contributed by atoms with Crippen LogP contribution in [0.25, 0.3) is 0 Å². The third-order valence-electron chi connectivity index (χ3n) is 10.5. The third-order valence-corrected chi connectivity index (χ3v) is 13.0. The molecule has 2 aromatic rings. The van der Waals surface area contributed by atoms with Gasteiger partial charge in [0.15, 0.2) is 0 Å². The highest BCUT2D eigenvalue weighted by atomic mass is 32.1. The second-order valence-electron chi connectivity index (χ2n) is 14.5. The summed E-state index contributed by atoms with van der Waals surface area (Å²) in [6.45, 7) is 6.02. The molecule has 4 fully saturated rings. The number of carbonyl (C=O) groups excluding carboxylic acids is 4. The molecule has 0 bridgehead atoms. The maximum atomic E-state index is 12.7. The van der Waals surface area contributed by atoms with Gasteiger partial charge in [0.2, 0.25) is 0 Å². The van der Waals surface area contributed by atoms with E-state index >= 15 is 0 Å². The highest BCUT2D eigenvalue weighted by Crippen LogP contribution is 2.45. The lowest BCUT2D eigenvalue weighted by atomic mass is 9.98. The van der Waals surface area contributed by atoms with Crippen LogP contribution in [0.5, 0.6) is 0 Å². The highest BCUT2D eigenvalue weighted by molar-refractivity contribution is 7.13. The largest absolute Gasteiger partial charge is 0.352 e. The Morgan fingerprint density at radius 3 is 1.32 bits per heavy atom. The van der Waals surface area contributed by atoms with E-state index in [2.05, 4.69) is 24.5 Å². The van der Waals surface area contributed by atoms with Crippen LogP contribution in [0.3, 0.4) is 0 Å². The quantitative estimate of drug-likeness (QED) is 0.265. The summed E-state index contributed by atoms with van der Waals surface area (Å²) >= 11 is 3.44. The smallest absolute Gasteiger partial charge is 0.252 e. The number of thiophene rings is 2. The van der Waals surface area contributed by atoms with Gasteiger partial charge in [-0.3, -0.25) is 19.2 Å². The van der Waals surface area contributed by atoms with E-state index in [9.17, 15) is 19.2 Å². The van der Waals surface area contributed by atoms with Crippen molar-refractivity contribution in [3.05, 3.63) is 41.8 Å². The number of rotatable bonds is 12. The van der Waals surface area contributed by atoms with Crippen molar-refractivity contribution in [2.45, 2.75) is 116 Å². The predicted octanol–water partition coefficient (Wildman–Crippen LogP) is 6.92. The van der Waals surface area contributed by atoms with E-state index in [-0.39, 0.29) is 23.7 Å². The van der Waals surface area contributed by atoms with Crippen molar-refractivity contribution in [2.24, 2.45) is 23.7 Å². The lowest BCUT2D eigenvalue weighted by molar-refractivity contribution is -0.120. The molecule has 2 N–H and O–H groups in total. The molecule has 2 atom stereocenters. The van der Waals surface area contributed by atoms with Gasteiger partial charge in [-0.2, -0.15) is 0 Å². The van der Waals surface area contributed by atoms with Crippen molar-refractivity contribution < 1.29 is 19.2 Å². The van der Waals surface area contributed by atoms with E-state index < -0.39 is 0 Å². The maximum Gasteiger partial charge on any atom is 0.252 e. The lowest BCUT2D eigenvalue weighted by Gasteiger charge is -2.10. The number of aryl methyl sites for hydroxylation is 2. The summed E-state index contributed by atoms with van der Waals surface area (Å²) in [7, 11) is 0. The van der Waals surface area contributed by atoms with E-state index in [1.54, 1.807) is 22.7 Å². The number of nitrogens with one attached hydrogen (secondary N) is 2. The third kappa shape index (κ3) is 6.76. The summed E-state index contributed by atoms with van der Waals surface area (Å²) in [6.07, 6.45) is 14.5. The molecule has 236 valence electrons. The van der Waals surface area contributed by atoms with Crippen LogP contribution in [-0.2, 0) is 35.3 Å². The van der Waals surface area contributed by atoms with Gasteiger partial charge >= 0.3 is 0 Å². The Morgan fingerprint density at radius 2 is 0.977 bits per heavy atom. The van der Waals surface area contributed by atoms with Crippen molar-refractivity contribution in [3.8, 4) is 0 Å². The van der Waals surface area contributed by atoms with Gasteiger partial charge < -0.3 is 10.6 Å². The van der Waals surface area contributed by atoms with Gasteiger partial charge in [-0.25, -0.2) is 0 Å². The summed E-state index contributed by atoms with van der Waals surface area (Å²) in [5.41, 5.74) is 4.22. The van der Waals surface area contributed by atoms with E-state index in [0.717, 1.165) is 85.3 Å². The fourth-order valence-corrected chi connectivity index (χ4v) is 9.84. The van der Waals surface area contributed by atoms with Crippen molar-refractivity contribution in [1.82, 2.24) is 10.6 Å². The molecule has 0 aliphatic heterocycles. The van der Waals surface area contributed by atoms with Crippen molar-refractivity contribution >= 4 is 46.1 Å². The van der Waals surface area contributed by atoms with Gasteiger partial charge in [-0.1, -0.05) is 13.8 Å². The van der Waals surface area contributed by atoms with Crippen LogP contribution in [0.15, 0.2) is 0 Å². The van der Waals surface area contributed by atoms with Crippen LogP contribution < -0.4 is 10.6 Å². The number of hydrogen-bond acceptors (Lipinski definition) is 6. The molecule has 6 aliphatic carbocycles. The van der Waals surface area contributed by atoms with Gasteiger partial charge in [0.25, 0.3) is 11.8 Å². The standard InChI is InChI=1S/2C18H23NO2S/c2*1-10-2-7-14-16(10)17(18(21)19-9-11-3-4-11)15(22-14)8-13(20)12-5-6-12/h2*10-12H,2-9H2,1H3,(H,19,21)/t2*10-/m10/s1. The lowest BCUT2D eigenvalue weighted by Crippen LogP contribution is -2.27. The second-order valence-corrected chi connectivity index (χ2v) is 16.9. The fourth-order valence-electron chi connectivity index (χ4n) is 6.94. The monoisotopic (exact) mass is 634 g/mol. The predicted molar refractivity (Wildman–Crippen MR) is 175 cm³/mol. The highest BCUT2D eigenvalue weighted by Gasteiger charge is 2.37. The fraction of sp³-hybridized carbons (Fsp3) is 0.667. The zero-order chi connectivity index (χ0) is 30.5. The molecule has 0 saturated heterocycles. The van der Waals surface area contributed by atoms with Crippen LogP contribution in [0, 0.1) is 23.7 Å². The van der Waals surface area contributed by atoms with Crippen molar-refractivity contribution in [1.29, 1.82) is 0 Å². The van der Waals surface area contributed by atoms with Crippen LogP contribution in [0.1, 0.15) is 141 Å². The first kappa shape index (κ1) is 30.3. The average Bonchev–Trinajstić information content (AvgIpc) is 3.81. The Balaban J connectivity index is 0.000000142. The number of carbonyl (C=O) groups is 4. The molecule has 0 radical (unpaired) electrons. The minimum atomic E-state index is 0.0664.